The summed E-state index contributed by atoms with van der Waals surface area (Å²) in [5.74, 6) is -0.918. The molecule has 1 aromatic heterocycles. The van der Waals surface area contributed by atoms with E-state index in [-0.39, 0.29) is 11.4 Å². The number of pyridine rings is 1. The van der Waals surface area contributed by atoms with E-state index in [0.717, 1.165) is 22.3 Å². The van der Waals surface area contributed by atoms with E-state index in [1.54, 1.807) is 12.3 Å². The second-order valence-corrected chi connectivity index (χ2v) is 4.33. The van der Waals surface area contributed by atoms with E-state index in [2.05, 4.69) is 4.98 Å². The van der Waals surface area contributed by atoms with Gasteiger partial charge in [-0.15, -0.1) is 0 Å². The maximum atomic E-state index is 11.2. The molecule has 0 saturated carbocycles. The standard InChI is InChI=1S/C15H15NO3/c1-9-5-4-6-12(10(9)2)11-7-13(15(17)18)14(19-3)16-8-11/h4-8H,1-3H3,(H,17,18). The van der Waals surface area contributed by atoms with Gasteiger partial charge in [0.05, 0.1) is 7.11 Å². The van der Waals surface area contributed by atoms with Crippen molar-refractivity contribution in [2.45, 2.75) is 13.8 Å². The molecule has 0 bridgehead atoms. The van der Waals surface area contributed by atoms with Gasteiger partial charge in [-0.2, -0.15) is 0 Å². The van der Waals surface area contributed by atoms with E-state index >= 15 is 0 Å². The molecule has 0 aliphatic rings. The maximum Gasteiger partial charge on any atom is 0.341 e. The summed E-state index contributed by atoms with van der Waals surface area (Å²) in [6.45, 7) is 4.03. The molecule has 2 aromatic rings. The molecule has 1 heterocycles. The van der Waals surface area contributed by atoms with Gasteiger partial charge in [-0.25, -0.2) is 9.78 Å². The van der Waals surface area contributed by atoms with Crippen LogP contribution in [0.1, 0.15) is 21.5 Å². The number of aryl methyl sites for hydroxylation is 1. The van der Waals surface area contributed by atoms with Crippen molar-refractivity contribution in [1.29, 1.82) is 0 Å². The lowest BCUT2D eigenvalue weighted by atomic mass is 9.97. The van der Waals surface area contributed by atoms with Crippen LogP contribution in [0, 0.1) is 13.8 Å². The van der Waals surface area contributed by atoms with Gasteiger partial charge in [0.2, 0.25) is 5.88 Å². The van der Waals surface area contributed by atoms with E-state index in [4.69, 9.17) is 4.74 Å². The molecule has 4 nitrogen and oxygen atoms in total. The van der Waals surface area contributed by atoms with Crippen LogP contribution in [-0.2, 0) is 0 Å². The smallest absolute Gasteiger partial charge is 0.341 e. The Morgan fingerprint density at radius 1 is 1.32 bits per heavy atom. The molecule has 2 rings (SSSR count). The first-order valence-electron chi connectivity index (χ1n) is 5.88. The molecule has 0 aliphatic heterocycles. The Bertz CT molecular complexity index is 635. The first-order chi connectivity index (χ1) is 9.04. The number of ether oxygens (including phenoxy) is 1. The summed E-state index contributed by atoms with van der Waals surface area (Å²) < 4.78 is 4.96. The Labute approximate surface area is 111 Å². The van der Waals surface area contributed by atoms with Gasteiger partial charge in [-0.05, 0) is 36.6 Å². The fourth-order valence-corrected chi connectivity index (χ4v) is 1.98. The lowest BCUT2D eigenvalue weighted by Gasteiger charge is -2.10. The summed E-state index contributed by atoms with van der Waals surface area (Å²) in [6, 6.07) is 7.52. The second kappa shape index (κ2) is 5.10. The topological polar surface area (TPSA) is 59.4 Å². The van der Waals surface area contributed by atoms with Gasteiger partial charge in [-0.1, -0.05) is 18.2 Å². The number of aromatic nitrogens is 1. The summed E-state index contributed by atoms with van der Waals surface area (Å²) >= 11 is 0. The lowest BCUT2D eigenvalue weighted by molar-refractivity contribution is 0.0692. The van der Waals surface area contributed by atoms with Crippen LogP contribution in [0.2, 0.25) is 0 Å². The minimum Gasteiger partial charge on any atom is -0.480 e. The molecular weight excluding hydrogens is 242 g/mol. The number of carboxylic acid groups (broad SMARTS) is 1. The van der Waals surface area contributed by atoms with E-state index in [9.17, 15) is 9.90 Å². The van der Waals surface area contributed by atoms with Crippen molar-refractivity contribution in [1.82, 2.24) is 4.98 Å². The van der Waals surface area contributed by atoms with E-state index in [1.807, 2.05) is 32.0 Å². The molecule has 0 atom stereocenters. The quantitative estimate of drug-likeness (QED) is 0.918. The normalized spacial score (nSPS) is 10.3. The Morgan fingerprint density at radius 3 is 2.68 bits per heavy atom. The summed E-state index contributed by atoms with van der Waals surface area (Å²) in [5.41, 5.74) is 4.11. The highest BCUT2D eigenvalue weighted by molar-refractivity contribution is 5.92. The van der Waals surface area contributed by atoms with Gasteiger partial charge in [0.25, 0.3) is 0 Å². The molecule has 0 unspecified atom stereocenters. The molecule has 0 spiro atoms. The van der Waals surface area contributed by atoms with Crippen LogP contribution in [-0.4, -0.2) is 23.2 Å². The Morgan fingerprint density at radius 2 is 2.05 bits per heavy atom. The van der Waals surface area contributed by atoms with Crippen LogP contribution in [0.3, 0.4) is 0 Å². The molecule has 1 aromatic carbocycles. The largest absolute Gasteiger partial charge is 0.480 e. The average Bonchev–Trinajstić information content (AvgIpc) is 2.41. The van der Waals surface area contributed by atoms with Crippen LogP contribution in [0.25, 0.3) is 11.1 Å². The summed E-state index contributed by atoms with van der Waals surface area (Å²) in [5, 5.41) is 9.17. The molecule has 98 valence electrons. The van der Waals surface area contributed by atoms with Crippen molar-refractivity contribution in [3.05, 3.63) is 47.2 Å². The van der Waals surface area contributed by atoms with Crippen molar-refractivity contribution in [3.63, 3.8) is 0 Å². The number of methoxy groups -OCH3 is 1. The van der Waals surface area contributed by atoms with Crippen LogP contribution in [0.5, 0.6) is 5.88 Å². The molecule has 0 amide bonds. The highest BCUT2D eigenvalue weighted by Crippen LogP contribution is 2.28. The zero-order valence-corrected chi connectivity index (χ0v) is 11.1. The average molecular weight is 257 g/mol. The van der Waals surface area contributed by atoms with E-state index < -0.39 is 5.97 Å². The fraction of sp³-hybridized carbons (Fsp3) is 0.200. The number of aromatic carboxylic acids is 1. The number of hydrogen-bond acceptors (Lipinski definition) is 3. The Kier molecular flexibility index (Phi) is 3.51. The number of benzene rings is 1. The number of nitrogens with zero attached hydrogens (tertiary/aromatic N) is 1. The SMILES string of the molecule is COc1ncc(-c2cccc(C)c2C)cc1C(=O)O. The van der Waals surface area contributed by atoms with Crippen molar-refractivity contribution < 1.29 is 14.6 Å². The molecular formula is C15H15NO3. The van der Waals surface area contributed by atoms with Gasteiger partial charge < -0.3 is 9.84 Å². The van der Waals surface area contributed by atoms with E-state index in [1.165, 1.54) is 7.11 Å². The highest BCUT2D eigenvalue weighted by atomic mass is 16.5. The molecule has 0 radical (unpaired) electrons. The maximum absolute atomic E-state index is 11.2. The van der Waals surface area contributed by atoms with Crippen LogP contribution in [0.4, 0.5) is 0 Å². The number of hydrogen-bond donors (Lipinski definition) is 1. The molecule has 4 heteroatoms. The number of rotatable bonds is 3. The summed E-state index contributed by atoms with van der Waals surface area (Å²) in [4.78, 5) is 15.3. The third kappa shape index (κ3) is 2.42. The molecule has 1 N–H and O–H groups in total. The number of carboxylic acids is 1. The van der Waals surface area contributed by atoms with Crippen molar-refractivity contribution in [3.8, 4) is 17.0 Å². The minimum absolute atomic E-state index is 0.0703. The lowest BCUT2D eigenvalue weighted by Crippen LogP contribution is -2.03. The molecule has 0 fully saturated rings. The molecule has 19 heavy (non-hydrogen) atoms. The highest BCUT2D eigenvalue weighted by Gasteiger charge is 2.14. The zero-order valence-electron chi connectivity index (χ0n) is 11.1. The molecule has 0 aliphatic carbocycles. The predicted molar refractivity (Wildman–Crippen MR) is 72.7 cm³/mol. The first kappa shape index (κ1) is 13.1. The first-order valence-corrected chi connectivity index (χ1v) is 5.88. The predicted octanol–water partition coefficient (Wildman–Crippen LogP) is 3.07. The molecule has 0 saturated heterocycles. The summed E-state index contributed by atoms with van der Waals surface area (Å²) in [6.07, 6.45) is 1.63. The third-order valence-corrected chi connectivity index (χ3v) is 3.19. The van der Waals surface area contributed by atoms with Crippen molar-refractivity contribution in [2.24, 2.45) is 0 Å². The second-order valence-electron chi connectivity index (χ2n) is 4.33. The minimum atomic E-state index is -1.04. The van der Waals surface area contributed by atoms with Gasteiger partial charge in [-0.3, -0.25) is 0 Å². The van der Waals surface area contributed by atoms with Gasteiger partial charge in [0.1, 0.15) is 5.56 Å². The van der Waals surface area contributed by atoms with E-state index in [0.29, 0.717) is 0 Å². The Balaban J connectivity index is 2.61. The monoisotopic (exact) mass is 257 g/mol. The van der Waals surface area contributed by atoms with Gasteiger partial charge >= 0.3 is 5.97 Å². The zero-order chi connectivity index (χ0) is 14.0. The summed E-state index contributed by atoms with van der Waals surface area (Å²) in [7, 11) is 1.41. The fourth-order valence-electron chi connectivity index (χ4n) is 1.98. The number of carbonyl (C=O) groups is 1. The van der Waals surface area contributed by atoms with Crippen molar-refractivity contribution in [2.75, 3.05) is 7.11 Å². The van der Waals surface area contributed by atoms with Gasteiger partial charge in [0.15, 0.2) is 0 Å². The van der Waals surface area contributed by atoms with Gasteiger partial charge in [0, 0.05) is 11.8 Å². The third-order valence-electron chi connectivity index (χ3n) is 3.19. The van der Waals surface area contributed by atoms with Crippen LogP contribution < -0.4 is 4.74 Å². The van der Waals surface area contributed by atoms with Crippen LogP contribution in [0.15, 0.2) is 30.5 Å². The van der Waals surface area contributed by atoms with Crippen LogP contribution >= 0.6 is 0 Å². The Hall–Kier alpha value is -2.36. The van der Waals surface area contributed by atoms with Crippen molar-refractivity contribution >= 4 is 5.97 Å².